The van der Waals surface area contributed by atoms with Crippen molar-refractivity contribution in [2.45, 2.75) is 32.7 Å². The van der Waals surface area contributed by atoms with Gasteiger partial charge < -0.3 is 10.1 Å². The van der Waals surface area contributed by atoms with Gasteiger partial charge in [0.1, 0.15) is 0 Å². The van der Waals surface area contributed by atoms with Crippen molar-refractivity contribution in [3.63, 3.8) is 0 Å². The summed E-state index contributed by atoms with van der Waals surface area (Å²) in [5, 5.41) is 3.01. The third kappa shape index (κ3) is 3.14. The number of nitrogens with one attached hydrogen (secondary N) is 1. The quantitative estimate of drug-likeness (QED) is 0.732. The van der Waals surface area contributed by atoms with Gasteiger partial charge in [-0.15, -0.1) is 11.6 Å². The fourth-order valence-corrected chi connectivity index (χ4v) is 1.40. The van der Waals surface area contributed by atoms with Gasteiger partial charge in [0.25, 0.3) is 0 Å². The van der Waals surface area contributed by atoms with Crippen LogP contribution in [0.2, 0.25) is 0 Å². The fourth-order valence-electron chi connectivity index (χ4n) is 1.28. The maximum Gasteiger partial charge on any atom is 0.227 e. The molecule has 1 aliphatic heterocycles. The highest BCUT2D eigenvalue weighted by Gasteiger charge is 2.28. The molecule has 1 amide bonds. The van der Waals surface area contributed by atoms with Crippen molar-refractivity contribution < 1.29 is 9.53 Å². The number of ether oxygens (including phenoxy) is 1. The van der Waals surface area contributed by atoms with E-state index in [1.807, 2.05) is 13.8 Å². The van der Waals surface area contributed by atoms with Crippen LogP contribution in [-0.4, -0.2) is 31.0 Å². The minimum absolute atomic E-state index is 0.0411. The summed E-state index contributed by atoms with van der Waals surface area (Å²) in [6, 6.07) is 0.263. The Bertz CT molecular complexity index is 200. The molecule has 0 aromatic heterocycles. The Kier molecular flexibility index (Phi) is 4.20. The first-order chi connectivity index (χ1) is 6.56. The van der Waals surface area contributed by atoms with Crippen LogP contribution in [-0.2, 0) is 9.53 Å². The summed E-state index contributed by atoms with van der Waals surface area (Å²) in [5.74, 6) is 0.390. The fraction of sp³-hybridized carbons (Fsp3) is 0.900. The molecule has 1 aliphatic rings. The van der Waals surface area contributed by atoms with Crippen LogP contribution in [0.5, 0.6) is 0 Å². The first kappa shape index (κ1) is 11.8. The van der Waals surface area contributed by atoms with Gasteiger partial charge in [-0.3, -0.25) is 4.79 Å². The third-order valence-electron chi connectivity index (χ3n) is 2.51. The van der Waals surface area contributed by atoms with Crippen molar-refractivity contribution in [2.75, 3.05) is 19.1 Å². The summed E-state index contributed by atoms with van der Waals surface area (Å²) in [6.45, 7) is 5.20. The van der Waals surface area contributed by atoms with Crippen molar-refractivity contribution >= 4 is 17.5 Å². The molecule has 0 aliphatic carbocycles. The predicted molar refractivity (Wildman–Crippen MR) is 56.5 cm³/mol. The molecular weight excluding hydrogens is 202 g/mol. The summed E-state index contributed by atoms with van der Waals surface area (Å²) < 4.78 is 5.22. The van der Waals surface area contributed by atoms with Crippen molar-refractivity contribution in [1.82, 2.24) is 5.32 Å². The second kappa shape index (κ2) is 4.99. The number of halogens is 1. The van der Waals surface area contributed by atoms with Crippen LogP contribution in [0.4, 0.5) is 0 Å². The highest BCUT2D eigenvalue weighted by molar-refractivity contribution is 6.19. The van der Waals surface area contributed by atoms with Gasteiger partial charge in [-0.05, 0) is 26.7 Å². The lowest BCUT2D eigenvalue weighted by molar-refractivity contribution is -0.129. The Balaban J connectivity index is 2.39. The minimum Gasteiger partial charge on any atom is -0.381 e. The molecule has 1 fully saturated rings. The molecule has 0 spiro atoms. The predicted octanol–water partition coefficient (Wildman–Crippen LogP) is 1.55. The Labute approximate surface area is 90.1 Å². The van der Waals surface area contributed by atoms with E-state index in [4.69, 9.17) is 16.3 Å². The summed E-state index contributed by atoms with van der Waals surface area (Å²) in [4.78, 5) is 11.7. The van der Waals surface area contributed by atoms with E-state index in [2.05, 4.69) is 5.32 Å². The lowest BCUT2D eigenvalue weighted by Crippen LogP contribution is -2.45. The topological polar surface area (TPSA) is 38.3 Å². The summed E-state index contributed by atoms with van der Waals surface area (Å²) >= 11 is 5.72. The summed E-state index contributed by atoms with van der Waals surface area (Å²) in [6.07, 6.45) is 1.81. The lowest BCUT2D eigenvalue weighted by Gasteiger charge is -2.28. The van der Waals surface area contributed by atoms with Gasteiger partial charge >= 0.3 is 0 Å². The van der Waals surface area contributed by atoms with E-state index >= 15 is 0 Å². The molecule has 1 rings (SSSR count). The maximum absolute atomic E-state index is 11.7. The smallest absolute Gasteiger partial charge is 0.227 e. The Morgan fingerprint density at radius 2 is 2.07 bits per heavy atom. The van der Waals surface area contributed by atoms with Crippen LogP contribution < -0.4 is 5.32 Å². The lowest BCUT2D eigenvalue weighted by atomic mass is 9.94. The molecule has 1 N–H and O–H groups in total. The zero-order chi connectivity index (χ0) is 10.6. The molecule has 0 unspecified atom stereocenters. The molecular formula is C10H18ClNO2. The highest BCUT2D eigenvalue weighted by Crippen LogP contribution is 2.18. The molecule has 14 heavy (non-hydrogen) atoms. The average molecular weight is 220 g/mol. The molecule has 0 radical (unpaired) electrons. The molecule has 0 aromatic rings. The van der Waals surface area contributed by atoms with E-state index in [1.165, 1.54) is 0 Å². The molecule has 0 bridgehead atoms. The van der Waals surface area contributed by atoms with Crippen LogP contribution in [0.15, 0.2) is 0 Å². The Hall–Kier alpha value is -0.280. The Morgan fingerprint density at radius 1 is 1.50 bits per heavy atom. The van der Waals surface area contributed by atoms with Gasteiger partial charge in [0.15, 0.2) is 0 Å². The van der Waals surface area contributed by atoms with Gasteiger partial charge in [0, 0.05) is 25.1 Å². The normalized spacial score (nSPS) is 19.4. The van der Waals surface area contributed by atoms with Gasteiger partial charge in [-0.1, -0.05) is 0 Å². The van der Waals surface area contributed by atoms with Crippen LogP contribution in [0.1, 0.15) is 26.7 Å². The largest absolute Gasteiger partial charge is 0.381 e. The van der Waals surface area contributed by atoms with E-state index in [9.17, 15) is 4.79 Å². The zero-order valence-corrected chi connectivity index (χ0v) is 9.56. The monoisotopic (exact) mass is 219 g/mol. The second-order valence-corrected chi connectivity index (χ2v) is 4.64. The van der Waals surface area contributed by atoms with Crippen LogP contribution in [0.25, 0.3) is 0 Å². The van der Waals surface area contributed by atoms with E-state index in [1.54, 1.807) is 0 Å². The number of hydrogen-bond acceptors (Lipinski definition) is 2. The summed E-state index contributed by atoms with van der Waals surface area (Å²) in [5.41, 5.74) is -0.472. The molecule has 82 valence electrons. The number of carbonyl (C=O) groups is 1. The minimum atomic E-state index is -0.472. The van der Waals surface area contributed by atoms with E-state index in [0.29, 0.717) is 5.88 Å². The molecule has 3 nitrogen and oxygen atoms in total. The standard InChI is InChI=1S/C10H18ClNO2/c1-10(2,7-11)9(13)12-8-3-5-14-6-4-8/h8H,3-7H2,1-2H3,(H,12,13). The van der Waals surface area contributed by atoms with E-state index in [0.717, 1.165) is 26.1 Å². The summed E-state index contributed by atoms with van der Waals surface area (Å²) in [7, 11) is 0. The van der Waals surface area contributed by atoms with Crippen LogP contribution in [0, 0.1) is 5.41 Å². The molecule has 1 heterocycles. The van der Waals surface area contributed by atoms with Gasteiger partial charge in [-0.25, -0.2) is 0 Å². The highest BCUT2D eigenvalue weighted by atomic mass is 35.5. The van der Waals surface area contributed by atoms with Crippen molar-refractivity contribution in [3.8, 4) is 0 Å². The van der Waals surface area contributed by atoms with Crippen LogP contribution >= 0.6 is 11.6 Å². The van der Waals surface area contributed by atoms with Crippen molar-refractivity contribution in [3.05, 3.63) is 0 Å². The van der Waals surface area contributed by atoms with Gasteiger partial charge in [0.05, 0.1) is 5.41 Å². The number of rotatable bonds is 3. The van der Waals surface area contributed by atoms with Crippen molar-refractivity contribution in [2.24, 2.45) is 5.41 Å². The Morgan fingerprint density at radius 3 is 2.57 bits per heavy atom. The van der Waals surface area contributed by atoms with Crippen molar-refractivity contribution in [1.29, 1.82) is 0 Å². The molecule has 0 atom stereocenters. The van der Waals surface area contributed by atoms with Gasteiger partial charge in [-0.2, -0.15) is 0 Å². The van der Waals surface area contributed by atoms with Gasteiger partial charge in [0.2, 0.25) is 5.91 Å². The average Bonchev–Trinajstić information content (AvgIpc) is 2.19. The molecule has 0 saturated carbocycles. The maximum atomic E-state index is 11.7. The second-order valence-electron chi connectivity index (χ2n) is 4.38. The number of hydrogen-bond donors (Lipinski definition) is 1. The number of carbonyl (C=O) groups excluding carboxylic acids is 1. The number of amides is 1. The molecule has 0 aromatic carbocycles. The third-order valence-corrected chi connectivity index (χ3v) is 3.17. The van der Waals surface area contributed by atoms with E-state index < -0.39 is 5.41 Å². The first-order valence-corrected chi connectivity index (χ1v) is 5.54. The zero-order valence-electron chi connectivity index (χ0n) is 8.81. The molecule has 1 saturated heterocycles. The van der Waals surface area contributed by atoms with E-state index in [-0.39, 0.29) is 11.9 Å². The SMILES string of the molecule is CC(C)(CCl)C(=O)NC1CCOCC1. The van der Waals surface area contributed by atoms with Crippen LogP contribution in [0.3, 0.4) is 0 Å². The number of alkyl halides is 1. The first-order valence-electron chi connectivity index (χ1n) is 5.01. The molecule has 4 heteroatoms.